The van der Waals surface area contributed by atoms with Crippen LogP contribution in [0.4, 0.5) is 0 Å². The van der Waals surface area contributed by atoms with E-state index >= 15 is 0 Å². The van der Waals surface area contributed by atoms with Gasteiger partial charge in [-0.05, 0) is 13.3 Å². The van der Waals surface area contributed by atoms with Gasteiger partial charge in [0.25, 0.3) is 0 Å². The van der Waals surface area contributed by atoms with Crippen molar-refractivity contribution in [2.45, 2.75) is 72.8 Å². The summed E-state index contributed by atoms with van der Waals surface area (Å²) in [5.74, 6) is 0. The monoisotopic (exact) mass is 297 g/mol. The molecule has 1 rings (SSSR count). The average Bonchev–Trinajstić information content (AvgIpc) is 2.80. The Morgan fingerprint density at radius 1 is 1.38 bits per heavy atom. The first kappa shape index (κ1) is 18.1. The Labute approximate surface area is 128 Å². The molecule has 0 aliphatic heterocycles. The molecular formula is C15H31N5O. The first-order chi connectivity index (χ1) is 9.68. The fraction of sp³-hybridized carbons (Fsp3) is 0.867. The zero-order valence-corrected chi connectivity index (χ0v) is 14.3. The van der Waals surface area contributed by atoms with E-state index in [1.807, 2.05) is 17.8 Å². The minimum atomic E-state index is -0.703. The van der Waals surface area contributed by atoms with Gasteiger partial charge in [0.05, 0.1) is 12.2 Å². The highest BCUT2D eigenvalue weighted by Crippen LogP contribution is 2.31. The van der Waals surface area contributed by atoms with Crippen molar-refractivity contribution < 1.29 is 4.74 Å². The fourth-order valence-corrected chi connectivity index (χ4v) is 1.88. The molecule has 1 aromatic rings. The van der Waals surface area contributed by atoms with Crippen molar-refractivity contribution in [3.8, 4) is 0 Å². The quantitative estimate of drug-likeness (QED) is 0.681. The molecule has 0 amide bonds. The number of rotatable bonds is 9. The summed E-state index contributed by atoms with van der Waals surface area (Å²) >= 11 is 0. The summed E-state index contributed by atoms with van der Waals surface area (Å²) in [4.78, 5) is 0. The van der Waals surface area contributed by atoms with E-state index in [1.54, 1.807) is 0 Å². The molecule has 6 nitrogen and oxygen atoms in total. The minimum absolute atomic E-state index is 0.251. The summed E-state index contributed by atoms with van der Waals surface area (Å²) in [6.07, 6.45) is 2.92. The number of ether oxygens (including phenoxy) is 1. The van der Waals surface area contributed by atoms with Gasteiger partial charge < -0.3 is 15.8 Å². The predicted octanol–water partition coefficient (Wildman–Crippen LogP) is 1.90. The maximum atomic E-state index is 6.34. The van der Waals surface area contributed by atoms with Gasteiger partial charge in [-0.2, -0.15) is 0 Å². The Balaban J connectivity index is 2.66. The molecule has 1 heterocycles. The summed E-state index contributed by atoms with van der Waals surface area (Å²) in [5, 5.41) is 11.7. The lowest BCUT2D eigenvalue weighted by molar-refractivity contribution is -0.114. The molecule has 0 radical (unpaired) electrons. The van der Waals surface area contributed by atoms with E-state index in [4.69, 9.17) is 10.5 Å². The molecule has 0 aromatic carbocycles. The van der Waals surface area contributed by atoms with Crippen LogP contribution in [-0.2, 0) is 17.8 Å². The lowest BCUT2D eigenvalue weighted by Crippen LogP contribution is -2.54. The van der Waals surface area contributed by atoms with Crippen molar-refractivity contribution in [1.82, 2.24) is 20.3 Å². The van der Waals surface area contributed by atoms with Gasteiger partial charge >= 0.3 is 0 Å². The standard InChI is InChI=1S/C15H31N5O/c1-7-8-21-15(6,16)14(4,5)11-20-10-13(18-19-20)9-17-12(2)3/h10,12,17H,7-9,11,16H2,1-6H3. The second-order valence-corrected chi connectivity index (χ2v) is 6.78. The van der Waals surface area contributed by atoms with Crippen LogP contribution in [0.15, 0.2) is 6.20 Å². The molecule has 1 aromatic heterocycles. The van der Waals surface area contributed by atoms with Crippen LogP contribution in [0.1, 0.15) is 53.7 Å². The Kier molecular flexibility index (Phi) is 6.31. The third-order valence-corrected chi connectivity index (χ3v) is 3.78. The zero-order chi connectivity index (χ0) is 16.1. The SMILES string of the molecule is CCCOC(C)(N)C(C)(C)Cn1cc(CNC(C)C)nn1. The number of aromatic nitrogens is 3. The van der Waals surface area contributed by atoms with Crippen LogP contribution in [0.2, 0.25) is 0 Å². The Hall–Kier alpha value is -0.980. The Morgan fingerprint density at radius 3 is 2.62 bits per heavy atom. The molecule has 1 atom stereocenters. The topological polar surface area (TPSA) is 78.0 Å². The number of hydrogen-bond acceptors (Lipinski definition) is 5. The van der Waals surface area contributed by atoms with E-state index in [2.05, 4.69) is 50.2 Å². The minimum Gasteiger partial charge on any atom is -0.361 e. The molecule has 0 bridgehead atoms. The molecule has 0 fully saturated rings. The van der Waals surface area contributed by atoms with Gasteiger partial charge in [-0.25, -0.2) is 0 Å². The van der Waals surface area contributed by atoms with Crippen molar-refractivity contribution in [1.29, 1.82) is 0 Å². The summed E-state index contributed by atoms with van der Waals surface area (Å²) in [6.45, 7) is 14.5. The molecule has 0 saturated heterocycles. The molecule has 0 aliphatic rings. The molecule has 0 saturated carbocycles. The lowest BCUT2D eigenvalue weighted by atomic mass is 9.82. The average molecular weight is 297 g/mol. The van der Waals surface area contributed by atoms with Crippen LogP contribution in [0.3, 0.4) is 0 Å². The summed E-state index contributed by atoms with van der Waals surface area (Å²) in [7, 11) is 0. The number of nitrogens with one attached hydrogen (secondary N) is 1. The number of hydrogen-bond donors (Lipinski definition) is 2. The van der Waals surface area contributed by atoms with Gasteiger partial charge in [-0.3, -0.25) is 4.68 Å². The van der Waals surface area contributed by atoms with Gasteiger partial charge in [0.15, 0.2) is 0 Å². The van der Waals surface area contributed by atoms with Gasteiger partial charge in [0, 0.05) is 30.8 Å². The molecular weight excluding hydrogens is 266 g/mol. The van der Waals surface area contributed by atoms with Crippen LogP contribution in [0.5, 0.6) is 0 Å². The maximum Gasteiger partial charge on any atom is 0.120 e. The highest BCUT2D eigenvalue weighted by atomic mass is 16.5. The van der Waals surface area contributed by atoms with Crippen molar-refractivity contribution in [3.63, 3.8) is 0 Å². The summed E-state index contributed by atoms with van der Waals surface area (Å²) < 4.78 is 7.65. The molecule has 21 heavy (non-hydrogen) atoms. The molecule has 0 aliphatic carbocycles. The van der Waals surface area contributed by atoms with E-state index in [9.17, 15) is 0 Å². The predicted molar refractivity (Wildman–Crippen MR) is 84.6 cm³/mol. The van der Waals surface area contributed by atoms with Gasteiger partial charge in [0.2, 0.25) is 0 Å². The molecule has 1 unspecified atom stereocenters. The Morgan fingerprint density at radius 2 is 2.05 bits per heavy atom. The third-order valence-electron chi connectivity index (χ3n) is 3.78. The fourth-order valence-electron chi connectivity index (χ4n) is 1.88. The normalized spacial score (nSPS) is 15.4. The molecule has 6 heteroatoms. The van der Waals surface area contributed by atoms with E-state index in [1.165, 1.54) is 0 Å². The van der Waals surface area contributed by atoms with Gasteiger partial charge in [-0.1, -0.05) is 39.8 Å². The van der Waals surface area contributed by atoms with Gasteiger partial charge in [0.1, 0.15) is 5.72 Å². The first-order valence-corrected chi connectivity index (χ1v) is 7.73. The van der Waals surface area contributed by atoms with Crippen LogP contribution in [-0.4, -0.2) is 33.4 Å². The molecule has 122 valence electrons. The third kappa shape index (κ3) is 5.37. The van der Waals surface area contributed by atoms with Gasteiger partial charge in [-0.15, -0.1) is 5.10 Å². The Bertz CT molecular complexity index is 425. The zero-order valence-electron chi connectivity index (χ0n) is 14.3. The van der Waals surface area contributed by atoms with Crippen LogP contribution in [0, 0.1) is 5.41 Å². The number of nitrogens with zero attached hydrogens (tertiary/aromatic N) is 3. The first-order valence-electron chi connectivity index (χ1n) is 7.73. The second-order valence-electron chi connectivity index (χ2n) is 6.78. The van der Waals surface area contributed by atoms with Crippen molar-refractivity contribution in [3.05, 3.63) is 11.9 Å². The smallest absolute Gasteiger partial charge is 0.120 e. The summed E-state index contributed by atoms with van der Waals surface area (Å²) in [5.41, 5.74) is 6.32. The van der Waals surface area contributed by atoms with Crippen LogP contribution in [0.25, 0.3) is 0 Å². The maximum absolute atomic E-state index is 6.34. The number of nitrogens with two attached hydrogens (primary N) is 1. The van der Waals surface area contributed by atoms with Crippen molar-refractivity contribution in [2.24, 2.45) is 11.1 Å². The van der Waals surface area contributed by atoms with E-state index in [0.29, 0.717) is 19.2 Å². The van der Waals surface area contributed by atoms with E-state index in [0.717, 1.165) is 18.7 Å². The highest BCUT2D eigenvalue weighted by molar-refractivity contribution is 4.94. The van der Waals surface area contributed by atoms with Crippen LogP contribution >= 0.6 is 0 Å². The highest BCUT2D eigenvalue weighted by Gasteiger charge is 2.39. The van der Waals surface area contributed by atoms with Crippen molar-refractivity contribution >= 4 is 0 Å². The summed E-state index contributed by atoms with van der Waals surface area (Å²) in [6, 6.07) is 0.432. The van der Waals surface area contributed by atoms with E-state index < -0.39 is 5.72 Å². The second kappa shape index (κ2) is 7.33. The van der Waals surface area contributed by atoms with Crippen LogP contribution < -0.4 is 11.1 Å². The lowest BCUT2D eigenvalue weighted by Gasteiger charge is -2.40. The van der Waals surface area contributed by atoms with E-state index in [-0.39, 0.29) is 5.41 Å². The largest absolute Gasteiger partial charge is 0.361 e. The molecule has 3 N–H and O–H groups in total. The molecule has 0 spiro atoms. The van der Waals surface area contributed by atoms with Crippen molar-refractivity contribution in [2.75, 3.05) is 6.61 Å².